The molecule has 2 aromatic rings. The van der Waals surface area contributed by atoms with Crippen molar-refractivity contribution in [1.82, 2.24) is 10.2 Å². The number of benzene rings is 1. The molecule has 82 valence electrons. The number of rotatable bonds is 2. The van der Waals surface area contributed by atoms with Crippen LogP contribution in [0.4, 0.5) is 5.82 Å². The number of hydrogen-bond donors (Lipinski definition) is 2. The summed E-state index contributed by atoms with van der Waals surface area (Å²) >= 11 is 3.37. The van der Waals surface area contributed by atoms with E-state index in [4.69, 9.17) is 0 Å². The smallest absolute Gasteiger partial charge is 0.249 e. The first kappa shape index (κ1) is 10.9. The molecule has 2 N–H and O–H groups in total. The van der Waals surface area contributed by atoms with Gasteiger partial charge in [0.25, 0.3) is 0 Å². The molecule has 4 nitrogen and oxygen atoms in total. The van der Waals surface area contributed by atoms with Gasteiger partial charge in [0.05, 0.1) is 5.52 Å². The summed E-state index contributed by atoms with van der Waals surface area (Å²) in [7, 11) is 0. The van der Waals surface area contributed by atoms with Gasteiger partial charge in [0.2, 0.25) is 5.91 Å². The van der Waals surface area contributed by atoms with Gasteiger partial charge in [-0.1, -0.05) is 22.0 Å². The van der Waals surface area contributed by atoms with E-state index in [0.29, 0.717) is 5.82 Å². The molecule has 0 atom stereocenters. The molecule has 0 aliphatic rings. The number of amides is 1. The number of aromatic amines is 1. The van der Waals surface area contributed by atoms with E-state index in [-0.39, 0.29) is 5.91 Å². The van der Waals surface area contributed by atoms with Crippen molar-refractivity contribution in [3.05, 3.63) is 34.8 Å². The summed E-state index contributed by atoms with van der Waals surface area (Å²) in [6.07, 6.45) is 3.14. The second-order valence-corrected chi connectivity index (χ2v) is 4.17. The van der Waals surface area contributed by atoms with Crippen LogP contribution < -0.4 is 5.32 Å². The Balaban J connectivity index is 2.35. The van der Waals surface area contributed by atoms with Crippen LogP contribution in [0, 0.1) is 0 Å². The molecule has 2 rings (SSSR count). The number of carbonyl (C=O) groups excluding carboxylic acids is 1. The molecular formula is C11H10BrN3O. The minimum atomic E-state index is -0.182. The Labute approximate surface area is 101 Å². The van der Waals surface area contributed by atoms with Crippen molar-refractivity contribution in [3.8, 4) is 0 Å². The zero-order valence-corrected chi connectivity index (χ0v) is 10.2. The zero-order valence-electron chi connectivity index (χ0n) is 8.62. The first-order chi connectivity index (χ1) is 7.70. The number of aromatic nitrogens is 2. The third-order valence-electron chi connectivity index (χ3n) is 2.08. The van der Waals surface area contributed by atoms with Gasteiger partial charge < -0.3 is 5.32 Å². The maximum absolute atomic E-state index is 11.4. The van der Waals surface area contributed by atoms with Crippen LogP contribution >= 0.6 is 15.9 Å². The van der Waals surface area contributed by atoms with Crippen LogP contribution in [0.5, 0.6) is 0 Å². The van der Waals surface area contributed by atoms with Crippen LogP contribution in [0.25, 0.3) is 10.9 Å². The highest BCUT2D eigenvalue weighted by Gasteiger charge is 2.07. The van der Waals surface area contributed by atoms with Crippen LogP contribution in [0.15, 0.2) is 34.8 Å². The maximum atomic E-state index is 11.4. The van der Waals surface area contributed by atoms with E-state index >= 15 is 0 Å². The average molecular weight is 280 g/mol. The Hall–Kier alpha value is -1.62. The molecule has 1 aromatic heterocycles. The second-order valence-electron chi connectivity index (χ2n) is 3.25. The Morgan fingerprint density at radius 1 is 1.56 bits per heavy atom. The first-order valence-electron chi connectivity index (χ1n) is 4.78. The van der Waals surface area contributed by atoms with Crippen LogP contribution in [0.3, 0.4) is 0 Å². The van der Waals surface area contributed by atoms with E-state index in [1.54, 1.807) is 13.0 Å². The van der Waals surface area contributed by atoms with E-state index in [1.807, 2.05) is 18.2 Å². The minimum Gasteiger partial charge on any atom is -0.305 e. The molecule has 1 aromatic carbocycles. The highest BCUT2D eigenvalue weighted by atomic mass is 79.9. The number of allylic oxidation sites excluding steroid dienone is 1. The molecule has 0 unspecified atom stereocenters. The number of fused-ring (bicyclic) bond motifs is 1. The van der Waals surface area contributed by atoms with E-state index in [0.717, 1.165) is 15.4 Å². The summed E-state index contributed by atoms with van der Waals surface area (Å²) in [5.41, 5.74) is 0.880. The summed E-state index contributed by atoms with van der Waals surface area (Å²) in [6.45, 7) is 1.79. The predicted octanol–water partition coefficient (Wildman–Crippen LogP) is 2.84. The largest absolute Gasteiger partial charge is 0.305 e. The van der Waals surface area contributed by atoms with E-state index in [9.17, 15) is 4.79 Å². The number of nitrogens with one attached hydrogen (secondary N) is 2. The summed E-state index contributed by atoms with van der Waals surface area (Å²) in [5, 5.41) is 10.5. The van der Waals surface area contributed by atoms with E-state index in [1.165, 1.54) is 6.08 Å². The maximum Gasteiger partial charge on any atom is 0.249 e. The molecule has 1 heterocycles. The number of anilines is 1. The van der Waals surface area contributed by atoms with Gasteiger partial charge in [-0.3, -0.25) is 9.89 Å². The van der Waals surface area contributed by atoms with Crippen molar-refractivity contribution in [2.45, 2.75) is 6.92 Å². The third-order valence-corrected chi connectivity index (χ3v) is 2.58. The molecule has 0 aliphatic heterocycles. The van der Waals surface area contributed by atoms with Crippen LogP contribution in [0.1, 0.15) is 6.92 Å². The zero-order chi connectivity index (χ0) is 11.5. The highest BCUT2D eigenvalue weighted by molar-refractivity contribution is 9.10. The van der Waals surface area contributed by atoms with Crippen molar-refractivity contribution < 1.29 is 4.79 Å². The molecule has 0 bridgehead atoms. The first-order valence-corrected chi connectivity index (χ1v) is 5.57. The highest BCUT2D eigenvalue weighted by Crippen LogP contribution is 2.23. The van der Waals surface area contributed by atoms with Crippen molar-refractivity contribution in [2.75, 3.05) is 5.32 Å². The number of halogens is 1. The summed E-state index contributed by atoms with van der Waals surface area (Å²) in [4.78, 5) is 11.4. The molecule has 0 radical (unpaired) electrons. The van der Waals surface area contributed by atoms with Crippen LogP contribution in [0.2, 0.25) is 0 Å². The molecule has 16 heavy (non-hydrogen) atoms. The summed E-state index contributed by atoms with van der Waals surface area (Å²) < 4.78 is 0.968. The molecule has 0 fully saturated rings. The van der Waals surface area contributed by atoms with Crippen molar-refractivity contribution in [3.63, 3.8) is 0 Å². The van der Waals surface area contributed by atoms with Crippen molar-refractivity contribution >= 4 is 38.6 Å². The second kappa shape index (κ2) is 4.49. The lowest BCUT2D eigenvalue weighted by Crippen LogP contribution is -2.08. The quantitative estimate of drug-likeness (QED) is 0.831. The van der Waals surface area contributed by atoms with Gasteiger partial charge >= 0.3 is 0 Å². The molecule has 1 amide bonds. The normalized spacial score (nSPS) is 11.1. The molecule has 5 heteroatoms. The van der Waals surface area contributed by atoms with Crippen molar-refractivity contribution in [2.24, 2.45) is 0 Å². The fourth-order valence-corrected chi connectivity index (χ4v) is 1.76. The van der Waals surface area contributed by atoms with Gasteiger partial charge in [-0.15, -0.1) is 0 Å². The van der Waals surface area contributed by atoms with Gasteiger partial charge in [-0.05, 0) is 31.2 Å². The summed E-state index contributed by atoms with van der Waals surface area (Å²) in [5.74, 6) is 0.365. The molecule has 0 aliphatic carbocycles. The van der Waals surface area contributed by atoms with Gasteiger partial charge in [0, 0.05) is 9.86 Å². The Morgan fingerprint density at radius 3 is 3.12 bits per heavy atom. The van der Waals surface area contributed by atoms with Crippen LogP contribution in [-0.4, -0.2) is 16.1 Å². The third kappa shape index (κ3) is 2.14. The molecule has 0 saturated heterocycles. The van der Waals surface area contributed by atoms with Gasteiger partial charge in [0.15, 0.2) is 5.82 Å². The fourth-order valence-electron chi connectivity index (χ4n) is 1.40. The monoisotopic (exact) mass is 279 g/mol. The lowest BCUT2D eigenvalue weighted by Gasteiger charge is -1.97. The van der Waals surface area contributed by atoms with E-state index in [2.05, 4.69) is 31.4 Å². The topological polar surface area (TPSA) is 57.8 Å². The number of carbonyl (C=O) groups is 1. The van der Waals surface area contributed by atoms with Gasteiger partial charge in [-0.2, -0.15) is 5.10 Å². The van der Waals surface area contributed by atoms with E-state index < -0.39 is 0 Å². The molecule has 0 saturated carbocycles. The number of hydrogen-bond acceptors (Lipinski definition) is 2. The van der Waals surface area contributed by atoms with Crippen LogP contribution in [-0.2, 0) is 4.79 Å². The van der Waals surface area contributed by atoms with Gasteiger partial charge in [0.1, 0.15) is 0 Å². The Morgan fingerprint density at radius 2 is 2.38 bits per heavy atom. The number of nitrogens with zero attached hydrogens (tertiary/aromatic N) is 1. The minimum absolute atomic E-state index is 0.182. The van der Waals surface area contributed by atoms with Crippen molar-refractivity contribution in [1.29, 1.82) is 0 Å². The Bertz CT molecular complexity index is 559. The SMILES string of the molecule is CC=CC(=O)Nc1n[nH]c2cc(Br)ccc12. The Kier molecular flexibility index (Phi) is 3.05. The fraction of sp³-hybridized carbons (Fsp3) is 0.0909. The summed E-state index contributed by atoms with van der Waals surface area (Å²) in [6, 6.07) is 5.71. The number of H-pyrrole nitrogens is 1. The predicted molar refractivity (Wildman–Crippen MR) is 67.2 cm³/mol. The molecule has 0 spiro atoms. The lowest BCUT2D eigenvalue weighted by molar-refractivity contribution is -0.111. The lowest BCUT2D eigenvalue weighted by atomic mass is 10.2. The molecular weight excluding hydrogens is 270 g/mol. The van der Waals surface area contributed by atoms with Gasteiger partial charge in [-0.25, -0.2) is 0 Å². The standard InChI is InChI=1S/C11H10BrN3O/c1-2-3-10(16)13-11-8-5-4-7(12)6-9(8)14-15-11/h2-6H,1H3,(H2,13,14,15,16). The average Bonchev–Trinajstić information content (AvgIpc) is 2.61.